The standard InChI is InChI=1S/C24H26BrN3O/c25-19-8-6-7-17(13-19)15-28-22-12-5-4-11-21(22)26-24(28)18-14-23(29)27(16-18)20-9-2-1-3-10-20/h4-8,11-13,18,20H,1-3,9-10,14-16H2. The van der Waals surface area contributed by atoms with Gasteiger partial charge in [0.15, 0.2) is 0 Å². The maximum Gasteiger partial charge on any atom is 0.223 e. The minimum Gasteiger partial charge on any atom is -0.339 e. The van der Waals surface area contributed by atoms with Crippen molar-refractivity contribution in [2.75, 3.05) is 6.54 Å². The van der Waals surface area contributed by atoms with Crippen molar-refractivity contribution in [3.63, 3.8) is 0 Å². The second-order valence-corrected chi connectivity index (χ2v) is 9.33. The van der Waals surface area contributed by atoms with Crippen molar-refractivity contribution < 1.29 is 4.79 Å². The lowest BCUT2D eigenvalue weighted by atomic mass is 9.94. The summed E-state index contributed by atoms with van der Waals surface area (Å²) in [5.74, 6) is 1.53. The molecule has 5 heteroatoms. The number of halogens is 1. The number of amides is 1. The minimum atomic E-state index is 0.170. The Kier molecular flexibility index (Phi) is 5.17. The Labute approximate surface area is 180 Å². The van der Waals surface area contributed by atoms with E-state index in [1.54, 1.807) is 0 Å². The molecule has 2 heterocycles. The van der Waals surface area contributed by atoms with Crippen molar-refractivity contribution in [3.8, 4) is 0 Å². The molecule has 1 aromatic heterocycles. The highest BCUT2D eigenvalue weighted by molar-refractivity contribution is 9.10. The highest BCUT2D eigenvalue weighted by Gasteiger charge is 2.37. The molecule has 5 rings (SSSR count). The van der Waals surface area contributed by atoms with Crippen LogP contribution in [0, 0.1) is 0 Å². The zero-order valence-corrected chi connectivity index (χ0v) is 18.1. The number of hydrogen-bond acceptors (Lipinski definition) is 2. The first kappa shape index (κ1) is 18.9. The van der Waals surface area contributed by atoms with Gasteiger partial charge in [0.1, 0.15) is 5.82 Å². The van der Waals surface area contributed by atoms with Gasteiger partial charge in [-0.05, 0) is 42.7 Å². The number of hydrogen-bond donors (Lipinski definition) is 0. The van der Waals surface area contributed by atoms with Gasteiger partial charge in [-0.25, -0.2) is 4.98 Å². The molecule has 1 atom stereocenters. The van der Waals surface area contributed by atoms with E-state index >= 15 is 0 Å². The predicted octanol–water partition coefficient (Wildman–Crippen LogP) is 5.50. The maximum absolute atomic E-state index is 12.9. The van der Waals surface area contributed by atoms with Crippen LogP contribution in [0.2, 0.25) is 0 Å². The van der Waals surface area contributed by atoms with E-state index < -0.39 is 0 Å². The van der Waals surface area contributed by atoms with Crippen LogP contribution in [0.1, 0.15) is 55.8 Å². The van der Waals surface area contributed by atoms with E-state index in [1.165, 1.54) is 24.8 Å². The van der Waals surface area contributed by atoms with Gasteiger partial charge in [-0.3, -0.25) is 4.79 Å². The van der Waals surface area contributed by atoms with E-state index in [9.17, 15) is 4.79 Å². The lowest BCUT2D eigenvalue weighted by Gasteiger charge is -2.31. The van der Waals surface area contributed by atoms with Crippen molar-refractivity contribution in [3.05, 3.63) is 64.4 Å². The van der Waals surface area contributed by atoms with Crippen LogP contribution in [0.5, 0.6) is 0 Å². The smallest absolute Gasteiger partial charge is 0.223 e. The van der Waals surface area contributed by atoms with Gasteiger partial charge >= 0.3 is 0 Å². The van der Waals surface area contributed by atoms with Crippen LogP contribution in [-0.2, 0) is 11.3 Å². The largest absolute Gasteiger partial charge is 0.339 e. The van der Waals surface area contributed by atoms with E-state index in [2.05, 4.69) is 61.8 Å². The maximum atomic E-state index is 12.9. The Bertz CT molecular complexity index is 1040. The molecule has 29 heavy (non-hydrogen) atoms. The average molecular weight is 452 g/mol. The van der Waals surface area contributed by atoms with Gasteiger partial charge in [0.2, 0.25) is 5.91 Å². The number of benzene rings is 2. The van der Waals surface area contributed by atoms with E-state index in [0.717, 1.165) is 47.3 Å². The Morgan fingerprint density at radius 1 is 1.03 bits per heavy atom. The monoisotopic (exact) mass is 451 g/mol. The molecule has 2 fully saturated rings. The fourth-order valence-corrected chi connectivity index (χ4v) is 5.49. The van der Waals surface area contributed by atoms with Crippen LogP contribution < -0.4 is 0 Å². The Balaban J connectivity index is 1.49. The Morgan fingerprint density at radius 3 is 2.69 bits per heavy atom. The molecule has 3 aromatic rings. The number of carbonyl (C=O) groups is 1. The number of rotatable bonds is 4. The molecule has 2 aliphatic rings. The molecule has 0 spiro atoms. The molecule has 1 saturated carbocycles. The summed E-state index contributed by atoms with van der Waals surface area (Å²) in [5, 5.41) is 0. The summed E-state index contributed by atoms with van der Waals surface area (Å²) < 4.78 is 3.40. The third-order valence-corrected chi connectivity index (χ3v) is 6.95. The number of likely N-dealkylation sites (tertiary alicyclic amines) is 1. The third kappa shape index (κ3) is 3.73. The molecule has 150 valence electrons. The van der Waals surface area contributed by atoms with Crippen LogP contribution >= 0.6 is 15.9 Å². The Hall–Kier alpha value is -2.14. The number of imidazole rings is 1. The van der Waals surface area contributed by atoms with E-state index in [4.69, 9.17) is 4.98 Å². The first-order valence-electron chi connectivity index (χ1n) is 10.7. The van der Waals surface area contributed by atoms with Crippen molar-refractivity contribution in [2.45, 2.75) is 57.0 Å². The van der Waals surface area contributed by atoms with E-state index in [1.807, 2.05) is 12.1 Å². The van der Waals surface area contributed by atoms with Gasteiger partial charge < -0.3 is 9.47 Å². The molecular formula is C24H26BrN3O. The Morgan fingerprint density at radius 2 is 1.86 bits per heavy atom. The molecular weight excluding hydrogens is 426 g/mol. The zero-order valence-electron chi connectivity index (χ0n) is 16.6. The third-order valence-electron chi connectivity index (χ3n) is 6.45. The van der Waals surface area contributed by atoms with Gasteiger partial charge in [-0.15, -0.1) is 0 Å². The summed E-state index contributed by atoms with van der Waals surface area (Å²) in [6.07, 6.45) is 6.71. The molecule has 1 aliphatic heterocycles. The predicted molar refractivity (Wildman–Crippen MR) is 119 cm³/mol. The highest BCUT2D eigenvalue weighted by Crippen LogP contribution is 2.35. The van der Waals surface area contributed by atoms with Crippen LogP contribution in [0.25, 0.3) is 11.0 Å². The van der Waals surface area contributed by atoms with Crippen LogP contribution in [0.15, 0.2) is 53.0 Å². The summed E-state index contributed by atoms with van der Waals surface area (Å²) in [6, 6.07) is 17.2. The number of nitrogens with zero attached hydrogens (tertiary/aromatic N) is 3. The zero-order chi connectivity index (χ0) is 19.8. The highest BCUT2D eigenvalue weighted by atomic mass is 79.9. The molecule has 2 aromatic carbocycles. The first-order chi connectivity index (χ1) is 14.2. The van der Waals surface area contributed by atoms with Crippen molar-refractivity contribution in [1.82, 2.24) is 14.5 Å². The average Bonchev–Trinajstić information content (AvgIpc) is 3.30. The second kappa shape index (κ2) is 7.94. The molecule has 1 aliphatic carbocycles. The van der Waals surface area contributed by atoms with Crippen molar-refractivity contribution in [1.29, 1.82) is 0 Å². The fraction of sp³-hybridized carbons (Fsp3) is 0.417. The molecule has 0 N–H and O–H groups in total. The number of para-hydroxylation sites is 2. The van der Waals surface area contributed by atoms with Gasteiger partial charge in [0.05, 0.1) is 11.0 Å². The van der Waals surface area contributed by atoms with Gasteiger partial charge in [0.25, 0.3) is 0 Å². The van der Waals surface area contributed by atoms with Crippen molar-refractivity contribution >= 4 is 32.9 Å². The van der Waals surface area contributed by atoms with Gasteiger partial charge in [0, 0.05) is 35.9 Å². The summed E-state index contributed by atoms with van der Waals surface area (Å²) in [5.41, 5.74) is 3.39. The summed E-state index contributed by atoms with van der Waals surface area (Å²) in [6.45, 7) is 1.58. The summed E-state index contributed by atoms with van der Waals surface area (Å²) in [7, 11) is 0. The van der Waals surface area contributed by atoms with E-state index in [-0.39, 0.29) is 5.92 Å². The van der Waals surface area contributed by atoms with Crippen molar-refractivity contribution in [2.24, 2.45) is 0 Å². The molecule has 1 amide bonds. The van der Waals surface area contributed by atoms with Gasteiger partial charge in [-0.1, -0.05) is 59.5 Å². The normalized spacial score (nSPS) is 20.7. The number of fused-ring (bicyclic) bond motifs is 1. The molecule has 4 nitrogen and oxygen atoms in total. The van der Waals surface area contributed by atoms with Crippen LogP contribution in [0.3, 0.4) is 0 Å². The van der Waals surface area contributed by atoms with Gasteiger partial charge in [-0.2, -0.15) is 0 Å². The first-order valence-corrected chi connectivity index (χ1v) is 11.5. The lowest BCUT2D eigenvalue weighted by molar-refractivity contribution is -0.130. The molecule has 0 radical (unpaired) electrons. The van der Waals surface area contributed by atoms with Crippen LogP contribution in [0.4, 0.5) is 0 Å². The molecule has 1 unspecified atom stereocenters. The number of aromatic nitrogens is 2. The van der Waals surface area contributed by atoms with E-state index in [0.29, 0.717) is 18.4 Å². The molecule has 0 bridgehead atoms. The SMILES string of the molecule is O=C1CC(c2nc3ccccc3n2Cc2cccc(Br)c2)CN1C1CCCCC1. The quantitative estimate of drug-likeness (QED) is 0.525. The topological polar surface area (TPSA) is 38.1 Å². The fourth-order valence-electron chi connectivity index (χ4n) is 5.04. The summed E-state index contributed by atoms with van der Waals surface area (Å²) >= 11 is 3.58. The minimum absolute atomic E-state index is 0.170. The molecule has 1 saturated heterocycles. The summed E-state index contributed by atoms with van der Waals surface area (Å²) in [4.78, 5) is 20.0. The second-order valence-electron chi connectivity index (χ2n) is 8.41. The lowest BCUT2D eigenvalue weighted by Crippen LogP contribution is -2.37. The number of carbonyl (C=O) groups excluding carboxylic acids is 1. The van der Waals surface area contributed by atoms with Crippen LogP contribution in [-0.4, -0.2) is 32.9 Å².